The maximum Gasteiger partial charge on any atom is 0.306 e. The molecular formula is C21H29NO4. The molecule has 0 atom stereocenters. The molecule has 1 aromatic heterocycles. The van der Waals surface area contributed by atoms with Crippen LogP contribution in [0, 0.1) is 5.92 Å². The summed E-state index contributed by atoms with van der Waals surface area (Å²) in [6.45, 7) is 0. The fraction of sp³-hybridized carbons (Fsp3) is 0.667. The number of hydrogen-bond acceptors (Lipinski definition) is 4. The number of hydrogen-bond donors (Lipinski definition) is 2. The van der Waals surface area contributed by atoms with Crippen molar-refractivity contribution >= 4 is 11.8 Å². The summed E-state index contributed by atoms with van der Waals surface area (Å²) in [4.78, 5) is 28.0. The Morgan fingerprint density at radius 2 is 1.88 bits per heavy atom. The van der Waals surface area contributed by atoms with Gasteiger partial charge in [0, 0.05) is 23.7 Å². The summed E-state index contributed by atoms with van der Waals surface area (Å²) in [6.07, 6.45) is 8.64. The quantitative estimate of drug-likeness (QED) is 0.780. The Morgan fingerprint density at radius 3 is 2.62 bits per heavy atom. The number of aromatic nitrogens is 1. The highest BCUT2D eigenvalue weighted by Crippen LogP contribution is 2.35. The highest BCUT2D eigenvalue weighted by Gasteiger charge is 2.37. The van der Waals surface area contributed by atoms with Gasteiger partial charge < -0.3 is 10.2 Å². The van der Waals surface area contributed by atoms with Crippen LogP contribution < -0.4 is 0 Å². The minimum Gasteiger partial charge on any atom is -0.481 e. The van der Waals surface area contributed by atoms with Gasteiger partial charge in [-0.2, -0.15) is 0 Å². The minimum absolute atomic E-state index is 0.0273. The van der Waals surface area contributed by atoms with E-state index in [9.17, 15) is 14.7 Å². The second kappa shape index (κ2) is 8.30. The molecule has 0 aliphatic heterocycles. The Labute approximate surface area is 154 Å². The largest absolute Gasteiger partial charge is 0.481 e. The third kappa shape index (κ3) is 4.91. The summed E-state index contributed by atoms with van der Waals surface area (Å²) in [5, 5.41) is 19.1. The molecular weight excluding hydrogens is 330 g/mol. The summed E-state index contributed by atoms with van der Waals surface area (Å²) in [5.74, 6) is -0.754. The van der Waals surface area contributed by atoms with Crippen molar-refractivity contribution in [2.24, 2.45) is 5.92 Å². The lowest BCUT2D eigenvalue weighted by atomic mass is 9.75. The molecule has 2 N–H and O–H groups in total. The molecule has 142 valence electrons. The molecule has 2 aliphatic rings. The van der Waals surface area contributed by atoms with Crippen molar-refractivity contribution in [2.45, 2.75) is 82.7 Å². The van der Waals surface area contributed by atoms with Gasteiger partial charge >= 0.3 is 5.97 Å². The van der Waals surface area contributed by atoms with Crippen LogP contribution in [-0.4, -0.2) is 32.6 Å². The van der Waals surface area contributed by atoms with E-state index in [1.807, 2.05) is 0 Å². The number of rotatable bonds is 7. The van der Waals surface area contributed by atoms with Crippen LogP contribution in [0.3, 0.4) is 0 Å². The zero-order chi connectivity index (χ0) is 18.6. The Morgan fingerprint density at radius 1 is 1.15 bits per heavy atom. The van der Waals surface area contributed by atoms with Crippen LogP contribution >= 0.6 is 0 Å². The van der Waals surface area contributed by atoms with Crippen LogP contribution in [0.2, 0.25) is 0 Å². The number of ketones is 1. The number of carbonyl (C=O) groups excluding carboxylic acids is 1. The van der Waals surface area contributed by atoms with E-state index in [1.54, 1.807) is 0 Å². The molecule has 1 heterocycles. The van der Waals surface area contributed by atoms with E-state index in [0.29, 0.717) is 32.1 Å². The lowest BCUT2D eigenvalue weighted by molar-refractivity contribution is -0.144. The predicted octanol–water partition coefficient (Wildman–Crippen LogP) is 3.25. The number of fused-ring (bicyclic) bond motifs is 1. The second-order valence-electron chi connectivity index (χ2n) is 8.00. The molecule has 1 aromatic rings. The maximum absolute atomic E-state index is 12.4. The number of Topliss-reactive ketones (excluding diaryl/α,β-unsaturated/α-hetero) is 1. The lowest BCUT2D eigenvalue weighted by Gasteiger charge is -2.34. The molecule has 0 aromatic carbocycles. The summed E-state index contributed by atoms with van der Waals surface area (Å²) >= 11 is 0. The molecule has 0 radical (unpaired) electrons. The first-order valence-electron chi connectivity index (χ1n) is 9.90. The van der Waals surface area contributed by atoms with Gasteiger partial charge in [0.1, 0.15) is 5.78 Å². The van der Waals surface area contributed by atoms with Crippen LogP contribution in [0.1, 0.15) is 74.7 Å². The van der Waals surface area contributed by atoms with Crippen LogP contribution in [0.25, 0.3) is 0 Å². The molecule has 5 heteroatoms. The molecule has 0 amide bonds. The lowest BCUT2D eigenvalue weighted by Crippen LogP contribution is -2.38. The first-order valence-corrected chi connectivity index (χ1v) is 9.90. The Bertz CT molecular complexity index is 662. The van der Waals surface area contributed by atoms with E-state index >= 15 is 0 Å². The van der Waals surface area contributed by atoms with Gasteiger partial charge in [-0.1, -0.05) is 6.07 Å². The summed E-state index contributed by atoms with van der Waals surface area (Å²) in [5.41, 5.74) is 2.57. The summed E-state index contributed by atoms with van der Waals surface area (Å²) < 4.78 is 0. The third-order valence-corrected chi connectivity index (χ3v) is 5.94. The number of carbonyl (C=O) groups is 2. The topological polar surface area (TPSA) is 87.5 Å². The average Bonchev–Trinajstić information content (AvgIpc) is 2.61. The normalized spacial score (nSPS) is 25.5. The van der Waals surface area contributed by atoms with Gasteiger partial charge in [-0.05, 0) is 75.8 Å². The van der Waals surface area contributed by atoms with Crippen molar-refractivity contribution in [1.29, 1.82) is 0 Å². The molecule has 2 aliphatic carbocycles. The number of aliphatic hydroxyl groups is 1. The molecule has 1 fully saturated rings. The number of carboxylic acid groups (broad SMARTS) is 1. The maximum atomic E-state index is 12.4. The van der Waals surface area contributed by atoms with Gasteiger partial charge in [0.25, 0.3) is 0 Å². The van der Waals surface area contributed by atoms with E-state index < -0.39 is 11.6 Å². The van der Waals surface area contributed by atoms with Gasteiger partial charge in [-0.3, -0.25) is 14.6 Å². The SMILES string of the molecule is O=C(O)CC1(O)CCC(C(=O)CCCc2ccc3c(n2)CCCC3)CC1. The molecule has 5 nitrogen and oxygen atoms in total. The van der Waals surface area contributed by atoms with Crippen LogP contribution in [0.5, 0.6) is 0 Å². The first kappa shape index (κ1) is 19.0. The van der Waals surface area contributed by atoms with Crippen molar-refractivity contribution in [2.75, 3.05) is 0 Å². The predicted molar refractivity (Wildman–Crippen MR) is 98.0 cm³/mol. The van der Waals surface area contributed by atoms with Crippen LogP contribution in [-0.2, 0) is 28.9 Å². The first-order chi connectivity index (χ1) is 12.5. The molecule has 26 heavy (non-hydrogen) atoms. The van der Waals surface area contributed by atoms with E-state index in [4.69, 9.17) is 10.1 Å². The van der Waals surface area contributed by atoms with E-state index in [0.717, 1.165) is 31.4 Å². The second-order valence-corrected chi connectivity index (χ2v) is 8.00. The Kier molecular flexibility index (Phi) is 6.07. The zero-order valence-corrected chi connectivity index (χ0v) is 15.4. The Balaban J connectivity index is 1.43. The van der Waals surface area contributed by atoms with E-state index in [1.165, 1.54) is 24.1 Å². The third-order valence-electron chi connectivity index (χ3n) is 5.94. The van der Waals surface area contributed by atoms with Gasteiger partial charge in [-0.15, -0.1) is 0 Å². The fourth-order valence-electron chi connectivity index (χ4n) is 4.35. The van der Waals surface area contributed by atoms with Gasteiger partial charge in [-0.25, -0.2) is 0 Å². The van der Waals surface area contributed by atoms with Crippen molar-refractivity contribution in [3.8, 4) is 0 Å². The van der Waals surface area contributed by atoms with Crippen molar-refractivity contribution < 1.29 is 19.8 Å². The Hall–Kier alpha value is -1.75. The minimum atomic E-state index is -1.13. The number of aryl methyl sites for hydroxylation is 3. The monoisotopic (exact) mass is 359 g/mol. The molecule has 1 saturated carbocycles. The van der Waals surface area contributed by atoms with Crippen LogP contribution in [0.4, 0.5) is 0 Å². The fourth-order valence-corrected chi connectivity index (χ4v) is 4.35. The standard InChI is InChI=1S/C21H29NO4/c23-19(16-10-12-21(26,13-11-16)14-20(24)25)7-3-5-17-9-8-15-4-1-2-6-18(15)22-17/h8-9,16,26H,1-7,10-14H2,(H,24,25). The molecule has 0 bridgehead atoms. The van der Waals surface area contributed by atoms with Gasteiger partial charge in [0.15, 0.2) is 0 Å². The van der Waals surface area contributed by atoms with Crippen molar-refractivity contribution in [1.82, 2.24) is 4.98 Å². The van der Waals surface area contributed by atoms with E-state index in [-0.39, 0.29) is 18.1 Å². The highest BCUT2D eigenvalue weighted by molar-refractivity contribution is 5.81. The number of pyridine rings is 1. The highest BCUT2D eigenvalue weighted by atomic mass is 16.4. The van der Waals surface area contributed by atoms with Crippen LogP contribution in [0.15, 0.2) is 12.1 Å². The molecule has 0 saturated heterocycles. The molecule has 3 rings (SSSR count). The number of aliphatic carboxylic acids is 1. The number of carboxylic acids is 1. The van der Waals surface area contributed by atoms with Gasteiger partial charge in [0.05, 0.1) is 12.0 Å². The average molecular weight is 359 g/mol. The summed E-state index contributed by atoms with van der Waals surface area (Å²) in [6, 6.07) is 4.30. The summed E-state index contributed by atoms with van der Waals surface area (Å²) in [7, 11) is 0. The zero-order valence-electron chi connectivity index (χ0n) is 15.4. The van der Waals surface area contributed by atoms with E-state index in [2.05, 4.69) is 12.1 Å². The van der Waals surface area contributed by atoms with Crippen molar-refractivity contribution in [3.05, 3.63) is 29.1 Å². The number of nitrogens with zero attached hydrogens (tertiary/aromatic N) is 1. The molecule has 0 unspecified atom stereocenters. The molecule has 0 spiro atoms. The van der Waals surface area contributed by atoms with Gasteiger partial charge in [0.2, 0.25) is 0 Å². The van der Waals surface area contributed by atoms with Crippen molar-refractivity contribution in [3.63, 3.8) is 0 Å². The smallest absolute Gasteiger partial charge is 0.306 e.